The molecule has 0 spiro atoms. The Morgan fingerprint density at radius 3 is 1.93 bits per heavy atom. The molecule has 0 aromatic heterocycles. The summed E-state index contributed by atoms with van der Waals surface area (Å²) >= 11 is 0. The summed E-state index contributed by atoms with van der Waals surface area (Å²) in [7, 11) is 0. The fourth-order valence-corrected chi connectivity index (χ4v) is 3.11. The van der Waals surface area contributed by atoms with Gasteiger partial charge in [0.15, 0.2) is 5.41 Å². The van der Waals surface area contributed by atoms with Crippen LogP contribution < -0.4 is 0 Å². The van der Waals surface area contributed by atoms with Crippen molar-refractivity contribution in [3.8, 4) is 0 Å². The second kappa shape index (κ2) is 2.62. The third kappa shape index (κ3) is 0.967. The third-order valence-electron chi connectivity index (χ3n) is 4.13. The lowest BCUT2D eigenvalue weighted by Gasteiger charge is -2.30. The molecule has 2 bridgehead atoms. The summed E-state index contributed by atoms with van der Waals surface area (Å²) in [4.78, 5) is 22.5. The average molecular weight is 210 g/mol. The molecule has 2 aliphatic rings. The van der Waals surface area contributed by atoms with Gasteiger partial charge in [-0.15, -0.1) is 0 Å². The van der Waals surface area contributed by atoms with Crippen molar-refractivity contribution in [1.82, 2.24) is 0 Å². The van der Waals surface area contributed by atoms with Gasteiger partial charge in [-0.25, -0.2) is 0 Å². The van der Waals surface area contributed by atoms with E-state index in [1.807, 2.05) is 19.9 Å². The number of carboxylic acid groups (broad SMARTS) is 2. The molecule has 0 aromatic carbocycles. The standard InChI is InChI=1S/C11H14O4/c1-10(2)6-3-4-7(10)11(5-6,8(12)13)9(14)15/h3-4,6-7H,5H2,1-2H3,(H,12,13)(H,14,15). The van der Waals surface area contributed by atoms with E-state index in [4.69, 9.17) is 0 Å². The van der Waals surface area contributed by atoms with Crippen molar-refractivity contribution in [2.75, 3.05) is 0 Å². The van der Waals surface area contributed by atoms with Gasteiger partial charge in [0.25, 0.3) is 0 Å². The summed E-state index contributed by atoms with van der Waals surface area (Å²) in [6.07, 6.45) is 3.93. The van der Waals surface area contributed by atoms with E-state index in [0.29, 0.717) is 0 Å². The van der Waals surface area contributed by atoms with Gasteiger partial charge >= 0.3 is 11.9 Å². The Bertz CT molecular complexity index is 353. The average Bonchev–Trinajstić information content (AvgIpc) is 2.53. The molecule has 15 heavy (non-hydrogen) atoms. The second-order valence-corrected chi connectivity index (χ2v) is 5.08. The third-order valence-corrected chi connectivity index (χ3v) is 4.13. The number of allylic oxidation sites excluding steroid dienone is 2. The van der Waals surface area contributed by atoms with E-state index in [-0.39, 0.29) is 17.8 Å². The van der Waals surface area contributed by atoms with Crippen LogP contribution in [-0.4, -0.2) is 22.2 Å². The minimum atomic E-state index is -1.61. The lowest BCUT2D eigenvalue weighted by atomic mass is 9.71. The smallest absolute Gasteiger partial charge is 0.321 e. The monoisotopic (exact) mass is 210 g/mol. The Hall–Kier alpha value is -1.32. The van der Waals surface area contributed by atoms with Gasteiger partial charge in [0.05, 0.1) is 0 Å². The Balaban J connectivity index is 2.53. The van der Waals surface area contributed by atoms with Crippen LogP contribution in [0.5, 0.6) is 0 Å². The van der Waals surface area contributed by atoms with Crippen molar-refractivity contribution >= 4 is 11.9 Å². The number of fused-ring (bicyclic) bond motifs is 2. The molecule has 0 heterocycles. The Kier molecular flexibility index (Phi) is 1.78. The van der Waals surface area contributed by atoms with Gasteiger partial charge < -0.3 is 10.2 Å². The number of rotatable bonds is 2. The molecule has 1 fully saturated rings. The molecule has 4 heteroatoms. The van der Waals surface area contributed by atoms with Crippen LogP contribution in [0.25, 0.3) is 0 Å². The highest BCUT2D eigenvalue weighted by Gasteiger charge is 2.66. The predicted octanol–water partition coefficient (Wildman–Crippen LogP) is 1.37. The molecule has 0 saturated heterocycles. The first-order chi connectivity index (χ1) is 6.83. The molecule has 4 nitrogen and oxygen atoms in total. The van der Waals surface area contributed by atoms with Crippen LogP contribution in [0.15, 0.2) is 12.2 Å². The SMILES string of the molecule is CC1(C)C2C=CC1C(C(=O)O)(C(=O)O)C2. The Morgan fingerprint density at radius 2 is 1.73 bits per heavy atom. The fourth-order valence-electron chi connectivity index (χ4n) is 3.11. The van der Waals surface area contributed by atoms with Gasteiger partial charge in [-0.1, -0.05) is 26.0 Å². The topological polar surface area (TPSA) is 74.6 Å². The van der Waals surface area contributed by atoms with E-state index in [9.17, 15) is 19.8 Å². The van der Waals surface area contributed by atoms with Gasteiger partial charge in [-0.3, -0.25) is 9.59 Å². The number of hydrogen-bond acceptors (Lipinski definition) is 2. The zero-order valence-electron chi connectivity index (χ0n) is 8.73. The van der Waals surface area contributed by atoms with E-state index in [1.165, 1.54) is 0 Å². The summed E-state index contributed by atoms with van der Waals surface area (Å²) in [6.45, 7) is 3.88. The maximum Gasteiger partial charge on any atom is 0.321 e. The van der Waals surface area contributed by atoms with Crippen LogP contribution in [-0.2, 0) is 9.59 Å². The molecule has 82 valence electrons. The molecule has 2 unspecified atom stereocenters. The van der Waals surface area contributed by atoms with E-state index in [0.717, 1.165) is 0 Å². The molecule has 1 saturated carbocycles. The van der Waals surface area contributed by atoms with Crippen molar-refractivity contribution in [2.24, 2.45) is 22.7 Å². The molecule has 0 amide bonds. The largest absolute Gasteiger partial charge is 0.480 e. The maximum absolute atomic E-state index is 11.2. The highest BCUT2D eigenvalue weighted by molar-refractivity contribution is 6.00. The summed E-state index contributed by atoms with van der Waals surface area (Å²) < 4.78 is 0. The number of carbonyl (C=O) groups is 2. The number of aliphatic carboxylic acids is 2. The van der Waals surface area contributed by atoms with Gasteiger partial charge in [0.2, 0.25) is 0 Å². The van der Waals surface area contributed by atoms with Crippen molar-refractivity contribution in [3.63, 3.8) is 0 Å². The molecule has 2 rings (SSSR count). The first kappa shape index (κ1) is 10.2. The van der Waals surface area contributed by atoms with E-state index < -0.39 is 23.3 Å². The number of hydrogen-bond donors (Lipinski definition) is 2. The minimum Gasteiger partial charge on any atom is -0.480 e. The van der Waals surface area contributed by atoms with Crippen molar-refractivity contribution in [2.45, 2.75) is 20.3 Å². The summed E-state index contributed by atoms with van der Waals surface area (Å²) in [6, 6.07) is 0. The van der Waals surface area contributed by atoms with Gasteiger partial charge in [-0.2, -0.15) is 0 Å². The predicted molar refractivity (Wildman–Crippen MR) is 52.2 cm³/mol. The van der Waals surface area contributed by atoms with Gasteiger partial charge in [0, 0.05) is 5.92 Å². The summed E-state index contributed by atoms with van der Waals surface area (Å²) in [5.74, 6) is -2.75. The number of carboxylic acids is 2. The quantitative estimate of drug-likeness (QED) is 0.533. The second-order valence-electron chi connectivity index (χ2n) is 5.08. The zero-order valence-corrected chi connectivity index (χ0v) is 8.73. The maximum atomic E-state index is 11.2. The lowest BCUT2D eigenvalue weighted by Crippen LogP contribution is -2.44. The highest BCUT2D eigenvalue weighted by Crippen LogP contribution is 2.62. The molecule has 2 aliphatic carbocycles. The molecular weight excluding hydrogens is 196 g/mol. The van der Waals surface area contributed by atoms with Gasteiger partial charge in [-0.05, 0) is 17.8 Å². The first-order valence-electron chi connectivity index (χ1n) is 4.98. The fraction of sp³-hybridized carbons (Fsp3) is 0.636. The molecule has 2 atom stereocenters. The lowest BCUT2D eigenvalue weighted by molar-refractivity contribution is -0.167. The molecule has 0 aliphatic heterocycles. The minimum absolute atomic E-state index is 0.0645. The van der Waals surface area contributed by atoms with Crippen molar-refractivity contribution < 1.29 is 19.8 Å². The molecule has 0 aromatic rings. The molecule has 0 radical (unpaired) electrons. The van der Waals surface area contributed by atoms with Crippen LogP contribution in [0.2, 0.25) is 0 Å². The molecule has 2 N–H and O–H groups in total. The summed E-state index contributed by atoms with van der Waals surface area (Å²) in [5, 5.41) is 18.3. The van der Waals surface area contributed by atoms with E-state index in [1.54, 1.807) is 6.08 Å². The van der Waals surface area contributed by atoms with Crippen LogP contribution in [0, 0.1) is 22.7 Å². The van der Waals surface area contributed by atoms with E-state index in [2.05, 4.69) is 0 Å². The van der Waals surface area contributed by atoms with E-state index >= 15 is 0 Å². The zero-order chi connectivity index (χ0) is 11.4. The summed E-state index contributed by atoms with van der Waals surface area (Å²) in [5.41, 5.74) is -1.86. The van der Waals surface area contributed by atoms with Crippen molar-refractivity contribution in [3.05, 3.63) is 12.2 Å². The van der Waals surface area contributed by atoms with Crippen molar-refractivity contribution in [1.29, 1.82) is 0 Å². The first-order valence-corrected chi connectivity index (χ1v) is 4.98. The van der Waals surface area contributed by atoms with Crippen LogP contribution in [0.1, 0.15) is 20.3 Å². The van der Waals surface area contributed by atoms with Gasteiger partial charge in [0.1, 0.15) is 0 Å². The normalized spacial score (nSPS) is 34.3. The van der Waals surface area contributed by atoms with Crippen LogP contribution in [0.3, 0.4) is 0 Å². The van der Waals surface area contributed by atoms with Crippen LogP contribution >= 0.6 is 0 Å². The highest BCUT2D eigenvalue weighted by atomic mass is 16.4. The Morgan fingerprint density at radius 1 is 1.20 bits per heavy atom. The molecular formula is C11H14O4. The Labute approximate surface area is 87.6 Å². The van der Waals surface area contributed by atoms with Crippen LogP contribution in [0.4, 0.5) is 0 Å².